The summed E-state index contributed by atoms with van der Waals surface area (Å²) in [6, 6.07) is 2.12. The first-order valence-electron chi connectivity index (χ1n) is 2.43. The van der Waals surface area contributed by atoms with E-state index in [1.165, 1.54) is 6.34 Å². The van der Waals surface area contributed by atoms with E-state index in [9.17, 15) is 0 Å². The van der Waals surface area contributed by atoms with Crippen LogP contribution in [0.3, 0.4) is 0 Å². The lowest BCUT2D eigenvalue weighted by molar-refractivity contribution is 0.592. The van der Waals surface area contributed by atoms with Gasteiger partial charge >= 0.3 is 0 Å². The second-order valence-corrected chi connectivity index (χ2v) is 1.49. The van der Waals surface area contributed by atoms with Gasteiger partial charge in [-0.15, -0.1) is 6.42 Å². The largest absolute Gasteiger partial charge is 0.354 e. The SMILES string of the molecule is C#CCN(C)C=NC#C. The van der Waals surface area contributed by atoms with Crippen LogP contribution in [0.4, 0.5) is 0 Å². The average Bonchev–Trinajstić information content (AvgIpc) is 1.85. The lowest BCUT2D eigenvalue weighted by Crippen LogP contribution is -2.15. The number of nitrogens with zero attached hydrogens (tertiary/aromatic N) is 2. The standard InChI is InChI=1S/C7H8N2/c1-4-6-9(3)7-8-5-2/h1-2,7H,6H2,3H3. The Kier molecular flexibility index (Phi) is 4.00. The first-order chi connectivity index (χ1) is 4.31. The first-order valence-corrected chi connectivity index (χ1v) is 2.43. The predicted molar refractivity (Wildman–Crippen MR) is 38.8 cm³/mol. The summed E-state index contributed by atoms with van der Waals surface area (Å²) < 4.78 is 0. The molecule has 46 valence electrons. The third-order valence-corrected chi connectivity index (χ3v) is 0.670. The van der Waals surface area contributed by atoms with Gasteiger partial charge < -0.3 is 4.90 Å². The molecule has 2 nitrogen and oxygen atoms in total. The molecule has 0 rings (SSSR count). The van der Waals surface area contributed by atoms with Crippen LogP contribution in [0.5, 0.6) is 0 Å². The second-order valence-electron chi connectivity index (χ2n) is 1.49. The minimum Gasteiger partial charge on any atom is -0.354 e. The van der Waals surface area contributed by atoms with Gasteiger partial charge in [0.05, 0.1) is 6.54 Å². The second kappa shape index (κ2) is 4.74. The van der Waals surface area contributed by atoms with Gasteiger partial charge in [-0.2, -0.15) is 4.99 Å². The number of rotatable bonds is 2. The number of aliphatic imine (C=N–C) groups is 1. The summed E-state index contributed by atoms with van der Waals surface area (Å²) in [5.41, 5.74) is 0. The molecule has 0 heterocycles. The molecule has 0 unspecified atom stereocenters. The van der Waals surface area contributed by atoms with Crippen molar-refractivity contribution in [1.29, 1.82) is 0 Å². The molecule has 0 amide bonds. The Hall–Kier alpha value is -1.41. The molecule has 2 heteroatoms. The Bertz CT molecular complexity index is 168. The zero-order chi connectivity index (χ0) is 7.11. The van der Waals surface area contributed by atoms with Gasteiger partial charge in [0.25, 0.3) is 0 Å². The number of terminal acetylenes is 2. The van der Waals surface area contributed by atoms with Crippen molar-refractivity contribution in [2.24, 2.45) is 4.99 Å². The highest BCUT2D eigenvalue weighted by Gasteiger charge is 1.82. The van der Waals surface area contributed by atoms with Gasteiger partial charge in [0, 0.05) is 13.1 Å². The average molecular weight is 120 g/mol. The van der Waals surface area contributed by atoms with Crippen molar-refractivity contribution >= 4 is 6.34 Å². The van der Waals surface area contributed by atoms with Crippen LogP contribution in [-0.2, 0) is 0 Å². The van der Waals surface area contributed by atoms with Gasteiger partial charge in [0.1, 0.15) is 6.34 Å². The van der Waals surface area contributed by atoms with Gasteiger partial charge in [-0.1, -0.05) is 12.3 Å². The molecule has 0 aliphatic carbocycles. The van der Waals surface area contributed by atoms with E-state index < -0.39 is 0 Å². The van der Waals surface area contributed by atoms with Crippen LogP contribution < -0.4 is 0 Å². The smallest absolute Gasteiger partial charge is 0.102 e. The summed E-state index contributed by atoms with van der Waals surface area (Å²) in [5.74, 6) is 2.44. The molecule has 0 fully saturated rings. The third kappa shape index (κ3) is 4.44. The van der Waals surface area contributed by atoms with Gasteiger partial charge in [-0.3, -0.25) is 0 Å². The maximum absolute atomic E-state index is 5.00. The van der Waals surface area contributed by atoms with E-state index in [2.05, 4.69) is 17.0 Å². The lowest BCUT2D eigenvalue weighted by Gasteiger charge is -2.04. The fourth-order valence-corrected chi connectivity index (χ4v) is 0.317. The molecular weight excluding hydrogens is 112 g/mol. The van der Waals surface area contributed by atoms with Crippen LogP contribution in [-0.4, -0.2) is 24.8 Å². The van der Waals surface area contributed by atoms with Crippen molar-refractivity contribution in [2.45, 2.75) is 0 Å². The molecule has 0 aromatic heterocycles. The van der Waals surface area contributed by atoms with Crippen LogP contribution in [0.1, 0.15) is 0 Å². The van der Waals surface area contributed by atoms with E-state index in [1.807, 2.05) is 0 Å². The van der Waals surface area contributed by atoms with Crippen molar-refractivity contribution in [3.05, 3.63) is 0 Å². The Morgan fingerprint density at radius 3 is 2.78 bits per heavy atom. The first kappa shape index (κ1) is 7.59. The zero-order valence-electron chi connectivity index (χ0n) is 5.33. The maximum atomic E-state index is 5.00. The minimum absolute atomic E-state index is 0.533. The molecule has 0 radical (unpaired) electrons. The topological polar surface area (TPSA) is 15.6 Å². The van der Waals surface area contributed by atoms with Crippen molar-refractivity contribution in [3.8, 4) is 24.8 Å². The fourth-order valence-electron chi connectivity index (χ4n) is 0.317. The summed E-state index contributed by atoms with van der Waals surface area (Å²) in [6.45, 7) is 0.533. The minimum atomic E-state index is 0.533. The van der Waals surface area contributed by atoms with Crippen molar-refractivity contribution in [3.63, 3.8) is 0 Å². The quantitative estimate of drug-likeness (QED) is 0.288. The van der Waals surface area contributed by atoms with Crippen molar-refractivity contribution < 1.29 is 0 Å². The monoisotopic (exact) mass is 120 g/mol. The third-order valence-electron chi connectivity index (χ3n) is 0.670. The van der Waals surface area contributed by atoms with E-state index in [-0.39, 0.29) is 0 Å². The summed E-state index contributed by atoms with van der Waals surface area (Å²) in [4.78, 5) is 5.25. The van der Waals surface area contributed by atoms with Crippen LogP contribution in [0.15, 0.2) is 4.99 Å². The van der Waals surface area contributed by atoms with Gasteiger partial charge in [-0.05, 0) is 0 Å². The summed E-state index contributed by atoms with van der Waals surface area (Å²) >= 11 is 0. The molecule has 0 aliphatic rings. The lowest BCUT2D eigenvalue weighted by atomic mass is 10.6. The van der Waals surface area contributed by atoms with Gasteiger partial charge in [0.2, 0.25) is 0 Å². The number of hydrogen-bond acceptors (Lipinski definition) is 1. The molecular formula is C7H8N2. The van der Waals surface area contributed by atoms with Crippen LogP contribution in [0, 0.1) is 24.8 Å². The van der Waals surface area contributed by atoms with E-state index >= 15 is 0 Å². The summed E-state index contributed by atoms with van der Waals surface area (Å²) in [6.07, 6.45) is 11.4. The summed E-state index contributed by atoms with van der Waals surface area (Å²) in [5, 5.41) is 0. The molecule has 0 saturated carbocycles. The Morgan fingerprint density at radius 1 is 1.67 bits per heavy atom. The normalized spacial score (nSPS) is 8.33. The highest BCUT2D eigenvalue weighted by Crippen LogP contribution is 1.71. The van der Waals surface area contributed by atoms with E-state index in [1.54, 1.807) is 11.9 Å². The Balaban J connectivity index is 3.55. The Labute approximate surface area is 55.6 Å². The molecule has 0 bridgehead atoms. The molecule has 0 spiro atoms. The molecule has 0 aliphatic heterocycles. The highest BCUT2D eigenvalue weighted by atomic mass is 15.1. The van der Waals surface area contributed by atoms with Gasteiger partial charge in [0.15, 0.2) is 0 Å². The zero-order valence-corrected chi connectivity index (χ0v) is 5.33. The van der Waals surface area contributed by atoms with Crippen molar-refractivity contribution in [1.82, 2.24) is 4.90 Å². The van der Waals surface area contributed by atoms with E-state index in [0.29, 0.717) is 6.54 Å². The molecule has 0 aromatic carbocycles. The molecule has 0 aromatic rings. The number of hydrogen-bond donors (Lipinski definition) is 0. The predicted octanol–water partition coefficient (Wildman–Crippen LogP) is 0.170. The fraction of sp³-hybridized carbons (Fsp3) is 0.286. The highest BCUT2D eigenvalue weighted by molar-refractivity contribution is 5.56. The molecule has 0 N–H and O–H groups in total. The van der Waals surface area contributed by atoms with E-state index in [4.69, 9.17) is 12.8 Å². The molecule has 0 saturated heterocycles. The molecule has 0 atom stereocenters. The Morgan fingerprint density at radius 2 is 2.33 bits per heavy atom. The van der Waals surface area contributed by atoms with Crippen molar-refractivity contribution in [2.75, 3.05) is 13.6 Å². The van der Waals surface area contributed by atoms with Gasteiger partial charge in [-0.25, -0.2) is 0 Å². The molecule has 9 heavy (non-hydrogen) atoms. The summed E-state index contributed by atoms with van der Waals surface area (Å²) in [7, 11) is 1.81. The van der Waals surface area contributed by atoms with Crippen LogP contribution >= 0.6 is 0 Å². The van der Waals surface area contributed by atoms with Crippen LogP contribution in [0.25, 0.3) is 0 Å². The van der Waals surface area contributed by atoms with Crippen LogP contribution in [0.2, 0.25) is 0 Å². The van der Waals surface area contributed by atoms with E-state index in [0.717, 1.165) is 0 Å². The maximum Gasteiger partial charge on any atom is 0.102 e.